The number of nitrogens with zero attached hydrogens (tertiary/aromatic N) is 2. The molecule has 0 aliphatic heterocycles. The first-order valence-corrected chi connectivity index (χ1v) is 6.41. The van der Waals surface area contributed by atoms with Crippen molar-refractivity contribution in [2.75, 3.05) is 25.1 Å². The molecule has 0 spiro atoms. The van der Waals surface area contributed by atoms with Crippen molar-refractivity contribution < 1.29 is 9.53 Å². The number of anilines is 1. The second-order valence-corrected chi connectivity index (χ2v) is 4.34. The minimum absolute atomic E-state index is 0.227. The van der Waals surface area contributed by atoms with Gasteiger partial charge in [-0.05, 0) is 18.6 Å². The molecular weight excluding hydrogens is 240 g/mol. The predicted molar refractivity (Wildman–Crippen MR) is 76.3 cm³/mol. The normalized spacial score (nSPS) is 10.4. The summed E-state index contributed by atoms with van der Waals surface area (Å²) in [5.41, 5.74) is 1.96. The zero-order chi connectivity index (χ0) is 13.7. The van der Waals surface area contributed by atoms with Gasteiger partial charge < -0.3 is 9.64 Å². The van der Waals surface area contributed by atoms with E-state index < -0.39 is 0 Å². The second kappa shape index (κ2) is 6.18. The van der Waals surface area contributed by atoms with Crippen LogP contribution in [0.5, 0.6) is 0 Å². The minimum atomic E-state index is -0.227. The number of hydrogen-bond acceptors (Lipinski definition) is 4. The number of para-hydroxylation sites is 1. The molecular formula is C15H18N2O2. The van der Waals surface area contributed by atoms with Gasteiger partial charge in [0.1, 0.15) is 6.54 Å². The number of ether oxygens (including phenoxy) is 1. The van der Waals surface area contributed by atoms with Crippen LogP contribution in [0.25, 0.3) is 10.9 Å². The van der Waals surface area contributed by atoms with Gasteiger partial charge in [-0.1, -0.05) is 25.1 Å². The summed E-state index contributed by atoms with van der Waals surface area (Å²) in [7, 11) is 1.41. The molecule has 0 atom stereocenters. The number of fused-ring (bicyclic) bond motifs is 1. The standard InChI is InChI=1S/C15H18N2O2/c1-3-10-17(11-15(18)19-2)14-8-9-16-13-7-5-4-6-12(13)14/h4-9H,3,10-11H2,1-2H3. The molecule has 1 aromatic heterocycles. The van der Waals surface area contributed by atoms with Crippen LogP contribution in [0.3, 0.4) is 0 Å². The van der Waals surface area contributed by atoms with Crippen molar-refractivity contribution in [3.8, 4) is 0 Å². The highest BCUT2D eigenvalue weighted by Crippen LogP contribution is 2.25. The Kier molecular flexibility index (Phi) is 4.34. The Labute approximate surface area is 113 Å². The summed E-state index contributed by atoms with van der Waals surface area (Å²) in [5, 5.41) is 1.06. The molecule has 4 heteroatoms. The fourth-order valence-corrected chi connectivity index (χ4v) is 2.13. The van der Waals surface area contributed by atoms with Crippen LogP contribution < -0.4 is 4.90 Å². The van der Waals surface area contributed by atoms with E-state index in [1.807, 2.05) is 35.2 Å². The van der Waals surface area contributed by atoms with E-state index in [-0.39, 0.29) is 12.5 Å². The first-order chi connectivity index (χ1) is 9.26. The third kappa shape index (κ3) is 3.02. The number of carbonyl (C=O) groups is 1. The van der Waals surface area contributed by atoms with E-state index in [9.17, 15) is 4.79 Å². The molecule has 0 radical (unpaired) electrons. The molecule has 100 valence electrons. The lowest BCUT2D eigenvalue weighted by Crippen LogP contribution is -2.31. The fraction of sp³-hybridized carbons (Fsp3) is 0.333. The van der Waals surface area contributed by atoms with Crippen molar-refractivity contribution >= 4 is 22.6 Å². The lowest BCUT2D eigenvalue weighted by Gasteiger charge is -2.24. The van der Waals surface area contributed by atoms with Crippen molar-refractivity contribution in [3.05, 3.63) is 36.5 Å². The number of carbonyl (C=O) groups excluding carboxylic acids is 1. The first kappa shape index (κ1) is 13.3. The SMILES string of the molecule is CCCN(CC(=O)OC)c1ccnc2ccccc12. The molecule has 0 fully saturated rings. The average molecular weight is 258 g/mol. The highest BCUT2D eigenvalue weighted by molar-refractivity contribution is 5.92. The zero-order valence-electron chi connectivity index (χ0n) is 11.3. The summed E-state index contributed by atoms with van der Waals surface area (Å²) >= 11 is 0. The lowest BCUT2D eigenvalue weighted by atomic mass is 10.1. The highest BCUT2D eigenvalue weighted by Gasteiger charge is 2.13. The summed E-state index contributed by atoms with van der Waals surface area (Å²) in [6.07, 6.45) is 2.74. The van der Waals surface area contributed by atoms with Crippen LogP contribution in [0.1, 0.15) is 13.3 Å². The van der Waals surface area contributed by atoms with Crippen LogP contribution in [0.4, 0.5) is 5.69 Å². The Hall–Kier alpha value is -2.10. The summed E-state index contributed by atoms with van der Waals surface area (Å²) in [4.78, 5) is 17.9. The van der Waals surface area contributed by atoms with E-state index in [4.69, 9.17) is 4.74 Å². The quantitative estimate of drug-likeness (QED) is 0.773. The minimum Gasteiger partial charge on any atom is -0.468 e. The number of pyridine rings is 1. The Bertz CT molecular complexity index is 564. The monoisotopic (exact) mass is 258 g/mol. The number of esters is 1. The van der Waals surface area contributed by atoms with Crippen molar-refractivity contribution in [1.82, 2.24) is 4.98 Å². The van der Waals surface area contributed by atoms with E-state index in [0.29, 0.717) is 0 Å². The van der Waals surface area contributed by atoms with E-state index in [2.05, 4.69) is 11.9 Å². The van der Waals surface area contributed by atoms with E-state index >= 15 is 0 Å². The number of hydrogen-bond donors (Lipinski definition) is 0. The van der Waals surface area contributed by atoms with Gasteiger partial charge >= 0.3 is 5.97 Å². The van der Waals surface area contributed by atoms with Gasteiger partial charge in [0, 0.05) is 23.8 Å². The number of methoxy groups -OCH3 is 1. The van der Waals surface area contributed by atoms with E-state index in [1.54, 1.807) is 6.20 Å². The van der Waals surface area contributed by atoms with Gasteiger partial charge in [0.2, 0.25) is 0 Å². The third-order valence-electron chi connectivity index (χ3n) is 3.01. The maximum Gasteiger partial charge on any atom is 0.325 e. The van der Waals surface area contributed by atoms with Crippen molar-refractivity contribution in [3.63, 3.8) is 0 Å². The van der Waals surface area contributed by atoms with Crippen LogP contribution in [0.2, 0.25) is 0 Å². The molecule has 0 bridgehead atoms. The molecule has 19 heavy (non-hydrogen) atoms. The van der Waals surface area contributed by atoms with Crippen LogP contribution in [-0.2, 0) is 9.53 Å². The fourth-order valence-electron chi connectivity index (χ4n) is 2.13. The topological polar surface area (TPSA) is 42.4 Å². The van der Waals surface area contributed by atoms with Crippen LogP contribution in [-0.4, -0.2) is 31.2 Å². The largest absolute Gasteiger partial charge is 0.468 e. The lowest BCUT2D eigenvalue weighted by molar-refractivity contribution is -0.138. The zero-order valence-corrected chi connectivity index (χ0v) is 11.3. The molecule has 0 saturated heterocycles. The van der Waals surface area contributed by atoms with Crippen molar-refractivity contribution in [1.29, 1.82) is 0 Å². The van der Waals surface area contributed by atoms with Gasteiger partial charge in [-0.15, -0.1) is 0 Å². The maximum absolute atomic E-state index is 11.5. The molecule has 2 rings (SSSR count). The second-order valence-electron chi connectivity index (χ2n) is 4.34. The molecule has 0 aliphatic carbocycles. The Morgan fingerprint density at radius 3 is 2.84 bits per heavy atom. The average Bonchev–Trinajstić information content (AvgIpc) is 2.46. The molecule has 0 amide bonds. The summed E-state index contributed by atoms with van der Waals surface area (Å²) in [6, 6.07) is 9.89. The Morgan fingerprint density at radius 2 is 2.11 bits per heavy atom. The molecule has 0 saturated carbocycles. The van der Waals surface area contributed by atoms with Gasteiger partial charge in [0.05, 0.1) is 12.6 Å². The van der Waals surface area contributed by atoms with E-state index in [1.165, 1.54) is 7.11 Å². The molecule has 2 aromatic rings. The molecule has 4 nitrogen and oxygen atoms in total. The van der Waals surface area contributed by atoms with Crippen molar-refractivity contribution in [2.24, 2.45) is 0 Å². The van der Waals surface area contributed by atoms with Gasteiger partial charge in [-0.2, -0.15) is 0 Å². The van der Waals surface area contributed by atoms with Gasteiger partial charge in [-0.3, -0.25) is 9.78 Å². The summed E-state index contributed by atoms with van der Waals surface area (Å²) < 4.78 is 4.76. The highest BCUT2D eigenvalue weighted by atomic mass is 16.5. The van der Waals surface area contributed by atoms with Crippen LogP contribution in [0.15, 0.2) is 36.5 Å². The third-order valence-corrected chi connectivity index (χ3v) is 3.01. The molecule has 0 N–H and O–H groups in total. The van der Waals surface area contributed by atoms with Crippen LogP contribution in [0, 0.1) is 0 Å². The Morgan fingerprint density at radius 1 is 1.32 bits per heavy atom. The van der Waals surface area contributed by atoms with Gasteiger partial charge in [0.15, 0.2) is 0 Å². The van der Waals surface area contributed by atoms with Gasteiger partial charge in [0.25, 0.3) is 0 Å². The maximum atomic E-state index is 11.5. The summed E-state index contributed by atoms with van der Waals surface area (Å²) in [5.74, 6) is -0.227. The Balaban J connectivity index is 2.40. The first-order valence-electron chi connectivity index (χ1n) is 6.41. The molecule has 1 heterocycles. The molecule has 0 aliphatic rings. The number of aromatic nitrogens is 1. The smallest absolute Gasteiger partial charge is 0.325 e. The predicted octanol–water partition coefficient (Wildman–Crippen LogP) is 2.62. The molecule has 1 aromatic carbocycles. The van der Waals surface area contributed by atoms with E-state index in [0.717, 1.165) is 29.6 Å². The molecule has 0 unspecified atom stereocenters. The number of benzene rings is 1. The summed E-state index contributed by atoms with van der Waals surface area (Å²) in [6.45, 7) is 3.16. The van der Waals surface area contributed by atoms with Crippen molar-refractivity contribution in [2.45, 2.75) is 13.3 Å². The number of rotatable bonds is 5. The van der Waals surface area contributed by atoms with Crippen LogP contribution >= 0.6 is 0 Å². The van der Waals surface area contributed by atoms with Gasteiger partial charge in [-0.25, -0.2) is 0 Å².